The lowest BCUT2D eigenvalue weighted by molar-refractivity contribution is -0.141. The molecule has 1 heterocycles. The molecular formula is C6H2Cl3F3N2. The molecule has 0 aliphatic rings. The van der Waals surface area contributed by atoms with Crippen molar-refractivity contribution in [3.8, 4) is 0 Å². The van der Waals surface area contributed by atoms with Crippen molar-refractivity contribution >= 4 is 40.5 Å². The average molecular weight is 265 g/mol. The van der Waals surface area contributed by atoms with Crippen LogP contribution in [-0.2, 0) is 6.18 Å². The van der Waals surface area contributed by atoms with Crippen molar-refractivity contribution in [2.75, 3.05) is 5.73 Å². The molecule has 0 aliphatic heterocycles. The molecule has 0 radical (unpaired) electrons. The van der Waals surface area contributed by atoms with Gasteiger partial charge in [0.05, 0.1) is 10.7 Å². The normalized spacial score (nSPS) is 11.9. The van der Waals surface area contributed by atoms with Crippen molar-refractivity contribution in [2.45, 2.75) is 6.18 Å². The molecule has 0 amide bonds. The van der Waals surface area contributed by atoms with Gasteiger partial charge in [0.15, 0.2) is 10.8 Å². The third kappa shape index (κ3) is 1.99. The predicted molar refractivity (Wildman–Crippen MR) is 48.7 cm³/mol. The fourth-order valence-corrected chi connectivity index (χ4v) is 1.33. The Morgan fingerprint density at radius 3 is 2.00 bits per heavy atom. The van der Waals surface area contributed by atoms with E-state index < -0.39 is 27.7 Å². The average Bonchev–Trinajstić information content (AvgIpc) is 2.06. The van der Waals surface area contributed by atoms with Gasteiger partial charge < -0.3 is 5.73 Å². The molecule has 14 heavy (non-hydrogen) atoms. The number of halogens is 6. The van der Waals surface area contributed by atoms with E-state index in [9.17, 15) is 13.2 Å². The minimum atomic E-state index is -4.71. The molecule has 2 N–H and O–H groups in total. The quantitative estimate of drug-likeness (QED) is 0.727. The largest absolute Gasteiger partial charge is 0.434 e. The van der Waals surface area contributed by atoms with Crippen molar-refractivity contribution < 1.29 is 13.2 Å². The molecule has 0 bridgehead atoms. The minimum absolute atomic E-state index is 0.287. The van der Waals surface area contributed by atoms with Crippen molar-refractivity contribution in [3.05, 3.63) is 20.9 Å². The van der Waals surface area contributed by atoms with Crippen molar-refractivity contribution in [1.29, 1.82) is 0 Å². The summed E-state index contributed by atoms with van der Waals surface area (Å²) in [6.45, 7) is 0. The van der Waals surface area contributed by atoms with E-state index in [0.717, 1.165) is 0 Å². The number of rotatable bonds is 0. The maximum Gasteiger partial charge on any atom is 0.434 e. The van der Waals surface area contributed by atoms with E-state index in [4.69, 9.17) is 40.5 Å². The summed E-state index contributed by atoms with van der Waals surface area (Å²) < 4.78 is 36.7. The molecule has 0 fully saturated rings. The van der Waals surface area contributed by atoms with Crippen molar-refractivity contribution in [1.82, 2.24) is 4.98 Å². The van der Waals surface area contributed by atoms with Gasteiger partial charge in [0.2, 0.25) is 0 Å². The van der Waals surface area contributed by atoms with E-state index in [1.807, 2.05) is 0 Å². The Kier molecular flexibility index (Phi) is 3.04. The van der Waals surface area contributed by atoms with E-state index in [1.54, 1.807) is 0 Å². The topological polar surface area (TPSA) is 38.9 Å². The van der Waals surface area contributed by atoms with Crippen molar-refractivity contribution in [3.63, 3.8) is 0 Å². The number of aromatic nitrogens is 1. The van der Waals surface area contributed by atoms with Crippen LogP contribution >= 0.6 is 34.8 Å². The molecule has 0 unspecified atom stereocenters. The zero-order chi connectivity index (χ0) is 11.1. The molecule has 2 nitrogen and oxygen atoms in total. The number of hydrogen-bond acceptors (Lipinski definition) is 2. The molecule has 1 aromatic heterocycles. The number of pyridine rings is 1. The molecule has 78 valence electrons. The van der Waals surface area contributed by atoms with Crippen LogP contribution in [0.25, 0.3) is 0 Å². The van der Waals surface area contributed by atoms with E-state index in [0.29, 0.717) is 0 Å². The minimum Gasteiger partial charge on any atom is -0.396 e. The van der Waals surface area contributed by atoms with E-state index in [1.165, 1.54) is 0 Å². The summed E-state index contributed by atoms with van der Waals surface area (Å²) in [4.78, 5) is 3.00. The van der Waals surface area contributed by atoms with Crippen LogP contribution in [0, 0.1) is 0 Å². The summed E-state index contributed by atoms with van der Waals surface area (Å²) in [5.74, 6) is 0. The lowest BCUT2D eigenvalue weighted by Gasteiger charge is -2.11. The van der Waals surface area contributed by atoms with Gasteiger partial charge in [-0.3, -0.25) is 0 Å². The Morgan fingerprint density at radius 2 is 1.57 bits per heavy atom. The molecule has 0 atom stereocenters. The van der Waals surface area contributed by atoms with E-state index in [2.05, 4.69) is 4.98 Å². The Hall–Kier alpha value is -0.390. The number of hydrogen-bond donors (Lipinski definition) is 1. The van der Waals surface area contributed by atoms with Crippen LogP contribution in [0.2, 0.25) is 15.2 Å². The maximum absolute atomic E-state index is 12.2. The first-order valence-corrected chi connectivity index (χ1v) is 4.25. The van der Waals surface area contributed by atoms with Gasteiger partial charge in [0.25, 0.3) is 0 Å². The molecule has 0 aromatic carbocycles. The second-order valence-corrected chi connectivity index (χ2v) is 3.40. The second kappa shape index (κ2) is 3.64. The lowest BCUT2D eigenvalue weighted by atomic mass is 10.3. The molecule has 0 aliphatic carbocycles. The van der Waals surface area contributed by atoms with Gasteiger partial charge in [0, 0.05) is 0 Å². The third-order valence-electron chi connectivity index (χ3n) is 1.34. The summed E-state index contributed by atoms with van der Waals surface area (Å²) in [5, 5.41) is -1.56. The van der Waals surface area contributed by atoms with Gasteiger partial charge >= 0.3 is 6.18 Å². The maximum atomic E-state index is 12.2. The molecule has 1 aromatic rings. The number of anilines is 1. The van der Waals surface area contributed by atoms with Gasteiger partial charge in [-0.1, -0.05) is 34.8 Å². The smallest absolute Gasteiger partial charge is 0.396 e. The van der Waals surface area contributed by atoms with Gasteiger partial charge in [0.1, 0.15) is 5.02 Å². The highest BCUT2D eigenvalue weighted by Gasteiger charge is 2.37. The highest BCUT2D eigenvalue weighted by molar-refractivity contribution is 6.45. The number of nitrogens with two attached hydrogens (primary N) is 1. The highest BCUT2D eigenvalue weighted by atomic mass is 35.5. The van der Waals surface area contributed by atoms with Gasteiger partial charge in [-0.25, -0.2) is 4.98 Å². The van der Waals surface area contributed by atoms with Crippen LogP contribution in [0.15, 0.2) is 0 Å². The van der Waals surface area contributed by atoms with Crippen LogP contribution in [0.4, 0.5) is 18.9 Å². The molecule has 0 saturated heterocycles. The Labute approximate surface area is 91.8 Å². The zero-order valence-corrected chi connectivity index (χ0v) is 8.56. The fourth-order valence-electron chi connectivity index (χ4n) is 0.719. The first kappa shape index (κ1) is 11.7. The standard InChI is InChI=1S/C6H2Cl3F3N2/c7-1-3(13)2(8)5(9)14-4(1)6(10,11)12/h(H2,13,14). The Bertz CT molecular complexity index is 378. The van der Waals surface area contributed by atoms with Crippen LogP contribution in [0.3, 0.4) is 0 Å². The number of nitrogen functional groups attached to an aromatic ring is 1. The van der Waals surface area contributed by atoms with Crippen LogP contribution in [-0.4, -0.2) is 4.98 Å². The SMILES string of the molecule is Nc1c(Cl)c(Cl)nc(C(F)(F)F)c1Cl. The summed E-state index contributed by atoms with van der Waals surface area (Å²) in [5.41, 5.74) is 3.42. The lowest BCUT2D eigenvalue weighted by Crippen LogP contribution is -2.11. The van der Waals surface area contributed by atoms with Gasteiger partial charge in [-0.15, -0.1) is 0 Å². The molecule has 0 saturated carbocycles. The zero-order valence-electron chi connectivity index (χ0n) is 6.29. The van der Waals surface area contributed by atoms with Gasteiger partial charge in [-0.05, 0) is 0 Å². The Morgan fingerprint density at radius 1 is 1.07 bits per heavy atom. The fraction of sp³-hybridized carbons (Fsp3) is 0.167. The van der Waals surface area contributed by atoms with E-state index >= 15 is 0 Å². The molecule has 0 spiro atoms. The Balaban J connectivity index is 3.49. The monoisotopic (exact) mass is 264 g/mol. The number of alkyl halides is 3. The number of nitrogens with zero attached hydrogens (tertiary/aromatic N) is 1. The van der Waals surface area contributed by atoms with E-state index in [-0.39, 0.29) is 5.02 Å². The predicted octanol–water partition coefficient (Wildman–Crippen LogP) is 3.64. The summed E-state index contributed by atoms with van der Waals surface area (Å²) >= 11 is 16.1. The van der Waals surface area contributed by atoms with Crippen LogP contribution < -0.4 is 5.73 Å². The second-order valence-electron chi connectivity index (χ2n) is 2.29. The van der Waals surface area contributed by atoms with Crippen LogP contribution in [0.5, 0.6) is 0 Å². The highest BCUT2D eigenvalue weighted by Crippen LogP contribution is 2.41. The molecular weight excluding hydrogens is 263 g/mol. The first-order chi connectivity index (χ1) is 6.25. The summed E-state index contributed by atoms with van der Waals surface area (Å²) in [6.07, 6.45) is -4.71. The summed E-state index contributed by atoms with van der Waals surface area (Å²) in [7, 11) is 0. The summed E-state index contributed by atoms with van der Waals surface area (Å²) in [6, 6.07) is 0. The van der Waals surface area contributed by atoms with Crippen molar-refractivity contribution in [2.24, 2.45) is 0 Å². The third-order valence-corrected chi connectivity index (χ3v) is 2.48. The van der Waals surface area contributed by atoms with Crippen LogP contribution in [0.1, 0.15) is 5.69 Å². The van der Waals surface area contributed by atoms with Gasteiger partial charge in [-0.2, -0.15) is 13.2 Å². The molecule has 8 heteroatoms. The molecule has 1 rings (SSSR count). The first-order valence-electron chi connectivity index (χ1n) is 3.12.